The number of methoxy groups -OCH3 is 1. The van der Waals surface area contributed by atoms with E-state index in [9.17, 15) is 18.0 Å². The van der Waals surface area contributed by atoms with E-state index < -0.39 is 27.5 Å². The van der Waals surface area contributed by atoms with E-state index >= 15 is 0 Å². The van der Waals surface area contributed by atoms with Gasteiger partial charge in [-0.05, 0) is 18.6 Å². The minimum atomic E-state index is -3.45. The Morgan fingerprint density at radius 1 is 1.26 bits per heavy atom. The largest absolute Gasteiger partial charge is 0.496 e. The number of carboxylic acids is 1. The lowest BCUT2D eigenvalue weighted by Crippen LogP contribution is -2.24. The molecule has 128 valence electrons. The molecule has 0 aliphatic rings. The number of unbranched alkanes of at least 4 members (excludes halogenated alkanes) is 2. The lowest BCUT2D eigenvalue weighted by Gasteiger charge is -2.09. The van der Waals surface area contributed by atoms with Crippen molar-refractivity contribution in [2.24, 2.45) is 0 Å². The molecule has 1 rings (SSSR count). The zero-order valence-corrected chi connectivity index (χ0v) is 14.0. The summed E-state index contributed by atoms with van der Waals surface area (Å²) in [6.45, 7) is 1.97. The Morgan fingerprint density at radius 3 is 2.52 bits per heavy atom. The number of carbonyl (C=O) groups is 2. The number of rotatable bonds is 9. The number of aromatic carboxylic acids is 1. The van der Waals surface area contributed by atoms with E-state index in [2.05, 4.69) is 5.32 Å². The molecule has 7 nitrogen and oxygen atoms in total. The SMILES string of the molecule is CCCCCS(=O)(=O)CC(=O)Nc1ccc(C(=O)O)c(OC)c1. The molecule has 0 unspecified atom stereocenters. The summed E-state index contributed by atoms with van der Waals surface area (Å²) in [5.74, 6) is -2.35. The van der Waals surface area contributed by atoms with Crippen LogP contribution in [0.1, 0.15) is 36.5 Å². The van der Waals surface area contributed by atoms with Crippen molar-refractivity contribution in [1.82, 2.24) is 0 Å². The molecule has 0 atom stereocenters. The Hall–Kier alpha value is -2.09. The maximum Gasteiger partial charge on any atom is 0.339 e. The van der Waals surface area contributed by atoms with Crippen molar-refractivity contribution in [3.63, 3.8) is 0 Å². The van der Waals surface area contributed by atoms with E-state index in [0.29, 0.717) is 6.42 Å². The molecule has 0 heterocycles. The van der Waals surface area contributed by atoms with Crippen LogP contribution in [0.3, 0.4) is 0 Å². The minimum Gasteiger partial charge on any atom is -0.496 e. The molecule has 8 heteroatoms. The van der Waals surface area contributed by atoms with E-state index in [1.807, 2.05) is 6.92 Å². The van der Waals surface area contributed by atoms with Crippen LogP contribution in [0.2, 0.25) is 0 Å². The van der Waals surface area contributed by atoms with Crippen LogP contribution in [0.5, 0.6) is 5.75 Å². The summed E-state index contributed by atoms with van der Waals surface area (Å²) in [6.07, 6.45) is 2.24. The molecule has 0 bridgehead atoms. The molecule has 1 aromatic rings. The molecule has 0 aromatic heterocycles. The molecular formula is C15H21NO6S. The third-order valence-corrected chi connectivity index (χ3v) is 4.74. The first-order valence-corrected chi connectivity index (χ1v) is 9.02. The van der Waals surface area contributed by atoms with Crippen molar-refractivity contribution in [3.05, 3.63) is 23.8 Å². The van der Waals surface area contributed by atoms with Gasteiger partial charge in [0.15, 0.2) is 9.84 Å². The van der Waals surface area contributed by atoms with Gasteiger partial charge in [-0.25, -0.2) is 13.2 Å². The van der Waals surface area contributed by atoms with Gasteiger partial charge in [0.1, 0.15) is 17.1 Å². The maximum atomic E-state index is 11.8. The first-order chi connectivity index (χ1) is 10.8. The first-order valence-electron chi connectivity index (χ1n) is 7.20. The highest BCUT2D eigenvalue weighted by atomic mass is 32.2. The lowest BCUT2D eigenvalue weighted by atomic mass is 10.2. The molecule has 0 saturated heterocycles. The topological polar surface area (TPSA) is 110 Å². The van der Waals surface area contributed by atoms with Crippen LogP contribution >= 0.6 is 0 Å². The fourth-order valence-corrected chi connectivity index (χ4v) is 3.25. The molecular weight excluding hydrogens is 322 g/mol. The second kappa shape index (κ2) is 8.52. The van der Waals surface area contributed by atoms with Gasteiger partial charge in [-0.15, -0.1) is 0 Å². The van der Waals surface area contributed by atoms with Crippen molar-refractivity contribution in [1.29, 1.82) is 0 Å². The number of amides is 1. The van der Waals surface area contributed by atoms with Crippen LogP contribution in [0, 0.1) is 0 Å². The predicted octanol–water partition coefficient (Wildman–Crippen LogP) is 1.94. The summed E-state index contributed by atoms with van der Waals surface area (Å²) in [5.41, 5.74) is 0.235. The van der Waals surface area contributed by atoms with E-state index in [0.717, 1.165) is 12.8 Å². The average molecular weight is 343 g/mol. The number of carbonyl (C=O) groups excluding carboxylic acids is 1. The Kier molecular flexibility index (Phi) is 7.02. The highest BCUT2D eigenvalue weighted by Crippen LogP contribution is 2.23. The summed E-state index contributed by atoms with van der Waals surface area (Å²) in [4.78, 5) is 22.8. The van der Waals surface area contributed by atoms with Crippen LogP contribution in [0.25, 0.3) is 0 Å². The summed E-state index contributed by atoms with van der Waals surface area (Å²) < 4.78 is 28.6. The van der Waals surface area contributed by atoms with E-state index in [-0.39, 0.29) is 22.8 Å². The van der Waals surface area contributed by atoms with Gasteiger partial charge in [-0.3, -0.25) is 4.79 Å². The number of hydrogen-bond donors (Lipinski definition) is 2. The van der Waals surface area contributed by atoms with Crippen LogP contribution in [0.4, 0.5) is 5.69 Å². The number of carboxylic acid groups (broad SMARTS) is 1. The Morgan fingerprint density at radius 2 is 1.96 bits per heavy atom. The molecule has 0 aliphatic carbocycles. The van der Waals surface area contributed by atoms with Crippen molar-refractivity contribution >= 4 is 27.4 Å². The number of hydrogen-bond acceptors (Lipinski definition) is 5. The zero-order chi connectivity index (χ0) is 17.5. The summed E-state index contributed by atoms with van der Waals surface area (Å²) in [7, 11) is -2.14. The van der Waals surface area contributed by atoms with Gasteiger partial charge in [0, 0.05) is 11.8 Å². The Bertz CT molecular complexity index is 669. The van der Waals surface area contributed by atoms with Gasteiger partial charge < -0.3 is 15.2 Å². The van der Waals surface area contributed by atoms with Gasteiger partial charge in [0.05, 0.1) is 12.9 Å². The smallest absolute Gasteiger partial charge is 0.339 e. The van der Waals surface area contributed by atoms with Gasteiger partial charge >= 0.3 is 5.97 Å². The van der Waals surface area contributed by atoms with Gasteiger partial charge in [-0.1, -0.05) is 19.8 Å². The summed E-state index contributed by atoms with van der Waals surface area (Å²) in [6, 6.07) is 4.01. The standard InChI is InChI=1S/C15H21NO6S/c1-3-4-5-8-23(20,21)10-14(17)16-11-6-7-12(15(18)19)13(9-11)22-2/h6-7,9H,3-5,8,10H2,1-2H3,(H,16,17)(H,18,19). The third-order valence-electron chi connectivity index (χ3n) is 3.13. The highest BCUT2D eigenvalue weighted by Gasteiger charge is 2.17. The van der Waals surface area contributed by atoms with E-state index in [4.69, 9.17) is 9.84 Å². The number of sulfone groups is 1. The van der Waals surface area contributed by atoms with Crippen LogP contribution < -0.4 is 10.1 Å². The lowest BCUT2D eigenvalue weighted by molar-refractivity contribution is -0.113. The fraction of sp³-hybridized carbons (Fsp3) is 0.467. The van der Waals surface area contributed by atoms with E-state index in [1.54, 1.807) is 0 Å². The third kappa shape index (κ3) is 6.27. The molecule has 1 amide bonds. The highest BCUT2D eigenvalue weighted by molar-refractivity contribution is 7.92. The van der Waals surface area contributed by atoms with Crippen molar-refractivity contribution in [2.45, 2.75) is 26.2 Å². The second-order valence-electron chi connectivity index (χ2n) is 5.07. The maximum absolute atomic E-state index is 11.8. The number of benzene rings is 1. The second-order valence-corrected chi connectivity index (χ2v) is 7.25. The van der Waals surface area contributed by atoms with Gasteiger partial charge in [0.25, 0.3) is 0 Å². The molecule has 0 radical (unpaired) electrons. The first kappa shape index (κ1) is 19.0. The van der Waals surface area contributed by atoms with Crippen molar-refractivity contribution in [3.8, 4) is 5.75 Å². The van der Waals surface area contributed by atoms with Crippen molar-refractivity contribution < 1.29 is 27.9 Å². The summed E-state index contributed by atoms with van der Waals surface area (Å²) >= 11 is 0. The predicted molar refractivity (Wildman–Crippen MR) is 86.8 cm³/mol. The fourth-order valence-electron chi connectivity index (χ4n) is 1.99. The van der Waals surface area contributed by atoms with Crippen LogP contribution in [-0.4, -0.2) is 44.0 Å². The quantitative estimate of drug-likeness (QED) is 0.663. The van der Waals surface area contributed by atoms with Gasteiger partial charge in [-0.2, -0.15) is 0 Å². The molecule has 0 spiro atoms. The number of anilines is 1. The average Bonchev–Trinajstić information content (AvgIpc) is 2.46. The minimum absolute atomic E-state index is 0.0183. The zero-order valence-electron chi connectivity index (χ0n) is 13.2. The van der Waals surface area contributed by atoms with Crippen LogP contribution in [0.15, 0.2) is 18.2 Å². The normalized spacial score (nSPS) is 11.0. The molecule has 0 aliphatic heterocycles. The molecule has 0 saturated carbocycles. The Balaban J connectivity index is 2.72. The number of ether oxygens (including phenoxy) is 1. The Labute approximate surface area is 135 Å². The molecule has 0 fully saturated rings. The summed E-state index contributed by atoms with van der Waals surface area (Å²) in [5, 5.41) is 11.4. The van der Waals surface area contributed by atoms with Crippen molar-refractivity contribution in [2.75, 3.05) is 23.9 Å². The molecule has 23 heavy (non-hydrogen) atoms. The monoisotopic (exact) mass is 343 g/mol. The molecule has 2 N–H and O–H groups in total. The number of nitrogens with one attached hydrogen (secondary N) is 1. The van der Waals surface area contributed by atoms with Gasteiger partial charge in [0.2, 0.25) is 5.91 Å². The van der Waals surface area contributed by atoms with Crippen LogP contribution in [-0.2, 0) is 14.6 Å². The van der Waals surface area contributed by atoms with E-state index in [1.165, 1.54) is 25.3 Å². The molecule has 1 aromatic carbocycles.